The molecule has 0 amide bonds. The molecule has 3 aromatic carbocycles. The first-order valence-corrected chi connectivity index (χ1v) is 6.80. The molecule has 0 unspecified atom stereocenters. The van der Waals surface area contributed by atoms with Gasteiger partial charge in [-0.25, -0.2) is 0 Å². The molecule has 0 bridgehead atoms. The molecule has 3 rings (SSSR count). The maximum atomic E-state index is 5.98. The van der Waals surface area contributed by atoms with Crippen molar-refractivity contribution in [2.45, 2.75) is 0 Å². The molecule has 0 saturated heterocycles. The van der Waals surface area contributed by atoms with Crippen LogP contribution in [0.25, 0.3) is 11.1 Å². The smallest absolute Gasteiger partial charge is 0.0619 e. The minimum Gasteiger partial charge on any atom is -0.399 e. The predicted octanol–water partition coefficient (Wildman–Crippen LogP) is 4.68. The molecule has 0 aliphatic heterocycles. The van der Waals surface area contributed by atoms with Crippen LogP contribution in [0.15, 0.2) is 72.8 Å². The van der Waals surface area contributed by atoms with Crippen LogP contribution in [0.1, 0.15) is 0 Å². The SMILES string of the molecule is Cl.Nc1ccc(Nc2cccc(-c3ccccc3)c2)c(N)c1. The van der Waals surface area contributed by atoms with Crippen molar-refractivity contribution in [2.24, 2.45) is 0 Å². The van der Waals surface area contributed by atoms with E-state index in [4.69, 9.17) is 11.5 Å². The lowest BCUT2D eigenvalue weighted by atomic mass is 10.1. The molecule has 0 aliphatic carbocycles. The van der Waals surface area contributed by atoms with Crippen LogP contribution in [-0.4, -0.2) is 0 Å². The van der Waals surface area contributed by atoms with E-state index in [0.717, 1.165) is 16.9 Å². The van der Waals surface area contributed by atoms with Crippen molar-refractivity contribution in [2.75, 3.05) is 16.8 Å². The molecule has 0 atom stereocenters. The first kappa shape index (κ1) is 15.7. The molecule has 5 N–H and O–H groups in total. The van der Waals surface area contributed by atoms with Crippen molar-refractivity contribution in [1.29, 1.82) is 0 Å². The molecule has 4 heteroatoms. The zero-order valence-corrected chi connectivity index (χ0v) is 12.8. The van der Waals surface area contributed by atoms with Crippen molar-refractivity contribution in [1.82, 2.24) is 0 Å². The second kappa shape index (κ2) is 6.87. The number of anilines is 4. The van der Waals surface area contributed by atoms with Crippen LogP contribution in [0.5, 0.6) is 0 Å². The number of hydrogen-bond donors (Lipinski definition) is 3. The van der Waals surface area contributed by atoms with Gasteiger partial charge in [0.2, 0.25) is 0 Å². The highest BCUT2D eigenvalue weighted by molar-refractivity contribution is 5.85. The number of halogens is 1. The van der Waals surface area contributed by atoms with E-state index in [1.807, 2.05) is 42.5 Å². The highest BCUT2D eigenvalue weighted by Crippen LogP contribution is 2.28. The summed E-state index contributed by atoms with van der Waals surface area (Å²) < 4.78 is 0. The van der Waals surface area contributed by atoms with E-state index in [1.165, 1.54) is 5.56 Å². The summed E-state index contributed by atoms with van der Waals surface area (Å²) in [4.78, 5) is 0. The van der Waals surface area contributed by atoms with E-state index >= 15 is 0 Å². The molecule has 3 aromatic rings. The number of hydrogen-bond acceptors (Lipinski definition) is 3. The molecule has 22 heavy (non-hydrogen) atoms. The first-order valence-electron chi connectivity index (χ1n) is 6.80. The van der Waals surface area contributed by atoms with Crippen molar-refractivity contribution in [3.05, 3.63) is 72.8 Å². The van der Waals surface area contributed by atoms with Crippen molar-refractivity contribution in [3.63, 3.8) is 0 Å². The summed E-state index contributed by atoms with van der Waals surface area (Å²) in [7, 11) is 0. The van der Waals surface area contributed by atoms with Gasteiger partial charge in [0.1, 0.15) is 0 Å². The zero-order valence-electron chi connectivity index (χ0n) is 12.0. The molecule has 112 valence electrons. The lowest BCUT2D eigenvalue weighted by Crippen LogP contribution is -1.97. The summed E-state index contributed by atoms with van der Waals surface area (Å²) in [5.41, 5.74) is 17.2. The molecule has 0 fully saturated rings. The normalized spacial score (nSPS) is 9.82. The third-order valence-corrected chi connectivity index (χ3v) is 3.32. The molecule has 0 aromatic heterocycles. The highest BCUT2D eigenvalue weighted by atomic mass is 35.5. The predicted molar refractivity (Wildman–Crippen MR) is 97.7 cm³/mol. The van der Waals surface area contributed by atoms with Gasteiger partial charge >= 0.3 is 0 Å². The lowest BCUT2D eigenvalue weighted by molar-refractivity contribution is 1.53. The quantitative estimate of drug-likeness (QED) is 0.615. The number of nitrogens with one attached hydrogen (secondary N) is 1. The van der Waals surface area contributed by atoms with Crippen molar-refractivity contribution >= 4 is 35.2 Å². The minimum atomic E-state index is 0. The topological polar surface area (TPSA) is 64.1 Å². The van der Waals surface area contributed by atoms with Crippen LogP contribution >= 0.6 is 12.4 Å². The average molecular weight is 312 g/mol. The maximum absolute atomic E-state index is 5.98. The van der Waals surface area contributed by atoms with Gasteiger partial charge in [-0.15, -0.1) is 12.4 Å². The van der Waals surface area contributed by atoms with Crippen LogP contribution in [0.2, 0.25) is 0 Å². The minimum absolute atomic E-state index is 0. The molecule has 0 spiro atoms. The van der Waals surface area contributed by atoms with E-state index in [-0.39, 0.29) is 12.4 Å². The van der Waals surface area contributed by atoms with Crippen molar-refractivity contribution < 1.29 is 0 Å². The summed E-state index contributed by atoms with van der Waals surface area (Å²) in [6.07, 6.45) is 0. The van der Waals surface area contributed by atoms with Gasteiger partial charge in [0.25, 0.3) is 0 Å². The first-order chi connectivity index (χ1) is 10.2. The Bertz CT molecular complexity index is 757. The van der Waals surface area contributed by atoms with E-state index in [2.05, 4.69) is 29.6 Å². The fraction of sp³-hybridized carbons (Fsp3) is 0. The maximum Gasteiger partial charge on any atom is 0.0619 e. The van der Waals surface area contributed by atoms with Gasteiger partial charge in [-0.05, 0) is 41.5 Å². The summed E-state index contributed by atoms with van der Waals surface area (Å²) in [6, 6.07) is 24.0. The number of nitrogen functional groups attached to an aromatic ring is 2. The van der Waals surface area contributed by atoms with Gasteiger partial charge < -0.3 is 16.8 Å². The Labute approximate surface area is 136 Å². The van der Waals surface area contributed by atoms with Crippen LogP contribution in [0, 0.1) is 0 Å². The largest absolute Gasteiger partial charge is 0.399 e. The van der Waals surface area contributed by atoms with E-state index < -0.39 is 0 Å². The Kier molecular flexibility index (Phi) is 4.92. The molecule has 0 radical (unpaired) electrons. The third kappa shape index (κ3) is 3.51. The summed E-state index contributed by atoms with van der Waals surface area (Å²) in [5, 5.41) is 3.33. The third-order valence-electron chi connectivity index (χ3n) is 3.32. The fourth-order valence-corrected chi connectivity index (χ4v) is 2.26. The van der Waals surface area contributed by atoms with Crippen molar-refractivity contribution in [3.8, 4) is 11.1 Å². The monoisotopic (exact) mass is 311 g/mol. The van der Waals surface area contributed by atoms with Gasteiger partial charge in [-0.1, -0.05) is 42.5 Å². The number of nitrogens with two attached hydrogens (primary N) is 2. The molecular weight excluding hydrogens is 294 g/mol. The molecule has 0 aliphatic rings. The Morgan fingerprint density at radius 2 is 1.41 bits per heavy atom. The average Bonchev–Trinajstić information content (AvgIpc) is 2.51. The number of benzene rings is 3. The van der Waals surface area contributed by atoms with Gasteiger partial charge in [0.05, 0.1) is 11.4 Å². The van der Waals surface area contributed by atoms with Gasteiger partial charge in [-0.2, -0.15) is 0 Å². The number of rotatable bonds is 3. The molecular formula is C18H18ClN3. The van der Waals surface area contributed by atoms with Gasteiger partial charge in [0, 0.05) is 11.4 Å². The second-order valence-electron chi connectivity index (χ2n) is 4.92. The second-order valence-corrected chi connectivity index (χ2v) is 4.92. The fourth-order valence-electron chi connectivity index (χ4n) is 2.26. The summed E-state index contributed by atoms with van der Waals surface area (Å²) in [5.74, 6) is 0. The molecule has 0 saturated carbocycles. The van der Waals surface area contributed by atoms with E-state index in [9.17, 15) is 0 Å². The Hall–Kier alpha value is -2.65. The van der Waals surface area contributed by atoms with Gasteiger partial charge in [0.15, 0.2) is 0 Å². The lowest BCUT2D eigenvalue weighted by Gasteiger charge is -2.11. The van der Waals surface area contributed by atoms with Crippen LogP contribution in [-0.2, 0) is 0 Å². The van der Waals surface area contributed by atoms with Gasteiger partial charge in [-0.3, -0.25) is 0 Å². The Morgan fingerprint density at radius 1 is 0.682 bits per heavy atom. The summed E-state index contributed by atoms with van der Waals surface area (Å²) in [6.45, 7) is 0. The Balaban J connectivity index is 0.00000176. The standard InChI is InChI=1S/C18H17N3.ClH/c19-15-9-10-18(17(20)12-15)21-16-8-4-7-14(11-16)13-5-2-1-3-6-13;/h1-12,21H,19-20H2;1H. The molecule has 3 nitrogen and oxygen atoms in total. The van der Waals surface area contributed by atoms with Crippen LogP contribution < -0.4 is 16.8 Å². The van der Waals surface area contributed by atoms with E-state index in [0.29, 0.717) is 11.4 Å². The zero-order chi connectivity index (χ0) is 14.7. The molecule has 0 heterocycles. The highest BCUT2D eigenvalue weighted by Gasteiger charge is 2.02. The van der Waals surface area contributed by atoms with Crippen LogP contribution in [0.3, 0.4) is 0 Å². The van der Waals surface area contributed by atoms with E-state index in [1.54, 1.807) is 6.07 Å². The Morgan fingerprint density at radius 3 is 2.14 bits per heavy atom. The van der Waals surface area contributed by atoms with Crippen LogP contribution in [0.4, 0.5) is 22.7 Å². The summed E-state index contributed by atoms with van der Waals surface area (Å²) >= 11 is 0.